The van der Waals surface area contributed by atoms with Crippen LogP contribution in [0.5, 0.6) is 0 Å². The highest BCUT2D eigenvalue weighted by Gasteiger charge is 1.96. The largest absolute Gasteiger partial charge is 0.346 e. The summed E-state index contributed by atoms with van der Waals surface area (Å²) in [4.78, 5) is 12.2. The zero-order valence-electron chi connectivity index (χ0n) is 10.1. The Balaban J connectivity index is -0.000000169. The maximum Gasteiger partial charge on any atom is 0.219 e. The number of allylic oxidation sites excluding steroid dienone is 1. The van der Waals surface area contributed by atoms with Crippen molar-refractivity contribution in [1.29, 1.82) is 0 Å². The Bertz CT molecular complexity index is 111. The van der Waals surface area contributed by atoms with Crippen molar-refractivity contribution >= 4 is 5.91 Å². The Hall–Kier alpha value is -0.790. The summed E-state index contributed by atoms with van der Waals surface area (Å²) in [6.07, 6.45) is 2.79. The topological polar surface area (TPSA) is 20.3 Å². The molecule has 0 aromatic rings. The highest BCUT2D eigenvalue weighted by Crippen LogP contribution is 1.84. The predicted octanol–water partition coefficient (Wildman–Crippen LogP) is 3.09. The molecule has 0 aromatic carbocycles. The van der Waals surface area contributed by atoms with Crippen molar-refractivity contribution in [2.75, 3.05) is 13.6 Å². The number of carbonyl (C=O) groups is 1. The van der Waals surface area contributed by atoms with Crippen LogP contribution in [0.3, 0.4) is 0 Å². The van der Waals surface area contributed by atoms with Crippen molar-refractivity contribution in [3.63, 3.8) is 0 Å². The van der Waals surface area contributed by atoms with Crippen LogP contribution in [0.25, 0.3) is 0 Å². The number of hydrogen-bond acceptors (Lipinski definition) is 1. The first kappa shape index (κ1) is 18.1. The first-order valence-electron chi connectivity index (χ1n) is 4.88. The van der Waals surface area contributed by atoms with E-state index in [0.29, 0.717) is 0 Å². The van der Waals surface area contributed by atoms with Gasteiger partial charge in [0.2, 0.25) is 5.91 Å². The number of nitrogens with zero attached hydrogens (tertiary/aromatic N) is 1. The summed E-state index contributed by atoms with van der Waals surface area (Å²) in [5.41, 5.74) is 0. The first-order valence-corrected chi connectivity index (χ1v) is 4.88. The van der Waals surface area contributed by atoms with Gasteiger partial charge < -0.3 is 4.90 Å². The molecule has 0 radical (unpaired) electrons. The molecule has 0 rings (SSSR count). The fraction of sp³-hybridized carbons (Fsp3) is 0.727. The molecular weight excluding hydrogens is 162 g/mol. The van der Waals surface area contributed by atoms with Gasteiger partial charge in [-0.05, 0) is 13.3 Å². The van der Waals surface area contributed by atoms with Crippen molar-refractivity contribution in [2.45, 2.75) is 41.0 Å². The van der Waals surface area contributed by atoms with Crippen LogP contribution in [0.4, 0.5) is 0 Å². The van der Waals surface area contributed by atoms with Crippen molar-refractivity contribution in [2.24, 2.45) is 0 Å². The minimum absolute atomic E-state index is 0.145. The minimum Gasteiger partial charge on any atom is -0.346 e. The second kappa shape index (κ2) is 17.3. The van der Waals surface area contributed by atoms with Gasteiger partial charge in [-0.1, -0.05) is 26.8 Å². The van der Waals surface area contributed by atoms with Crippen LogP contribution in [0.15, 0.2) is 12.7 Å². The summed E-state index contributed by atoms with van der Waals surface area (Å²) in [5, 5.41) is 0. The molecule has 0 fully saturated rings. The maximum atomic E-state index is 10.5. The lowest BCUT2D eigenvalue weighted by molar-refractivity contribution is -0.127. The molecule has 1 amide bonds. The number of carbonyl (C=O) groups excluding carboxylic acids is 1. The van der Waals surface area contributed by atoms with Gasteiger partial charge in [0.15, 0.2) is 0 Å². The highest BCUT2D eigenvalue weighted by molar-refractivity contribution is 5.72. The average Bonchev–Trinajstić information content (AvgIpc) is 2.10. The van der Waals surface area contributed by atoms with E-state index in [4.69, 9.17) is 0 Å². The molecule has 0 saturated heterocycles. The normalized spacial score (nSPS) is 6.92. The Morgan fingerprint density at radius 1 is 1.46 bits per heavy atom. The van der Waals surface area contributed by atoms with Crippen LogP contribution in [0, 0.1) is 0 Å². The fourth-order valence-electron chi connectivity index (χ4n) is 0.493. The van der Waals surface area contributed by atoms with E-state index in [1.54, 1.807) is 17.9 Å². The molecule has 0 aliphatic heterocycles. The SMILES string of the molecule is C=CC.CC.CCCN(C)C(C)=O. The van der Waals surface area contributed by atoms with E-state index in [2.05, 4.69) is 13.5 Å². The van der Waals surface area contributed by atoms with E-state index in [9.17, 15) is 4.79 Å². The quantitative estimate of drug-likeness (QED) is 0.608. The van der Waals surface area contributed by atoms with Gasteiger partial charge in [-0.15, -0.1) is 6.58 Å². The zero-order chi connectivity index (χ0) is 11.3. The summed E-state index contributed by atoms with van der Waals surface area (Å²) in [6.45, 7) is 13.8. The van der Waals surface area contributed by atoms with Gasteiger partial charge in [-0.25, -0.2) is 0 Å². The fourth-order valence-corrected chi connectivity index (χ4v) is 0.493. The van der Waals surface area contributed by atoms with E-state index in [0.717, 1.165) is 13.0 Å². The smallest absolute Gasteiger partial charge is 0.219 e. The third-order valence-corrected chi connectivity index (χ3v) is 1.10. The Labute approximate surface area is 83.6 Å². The van der Waals surface area contributed by atoms with E-state index >= 15 is 0 Å². The van der Waals surface area contributed by atoms with E-state index in [1.807, 2.05) is 27.8 Å². The van der Waals surface area contributed by atoms with Gasteiger partial charge in [-0.3, -0.25) is 4.79 Å². The molecular formula is C11H25NO. The molecule has 0 aliphatic rings. The third-order valence-electron chi connectivity index (χ3n) is 1.10. The van der Waals surface area contributed by atoms with E-state index in [-0.39, 0.29) is 5.91 Å². The van der Waals surface area contributed by atoms with Crippen LogP contribution in [0.1, 0.15) is 41.0 Å². The van der Waals surface area contributed by atoms with Crippen molar-refractivity contribution < 1.29 is 4.79 Å². The van der Waals surface area contributed by atoms with Crippen LogP contribution in [-0.4, -0.2) is 24.4 Å². The lowest BCUT2D eigenvalue weighted by Gasteiger charge is -2.11. The molecule has 13 heavy (non-hydrogen) atoms. The summed E-state index contributed by atoms with van der Waals surface area (Å²) in [6, 6.07) is 0. The molecule has 0 heterocycles. The van der Waals surface area contributed by atoms with Gasteiger partial charge in [0.25, 0.3) is 0 Å². The van der Waals surface area contributed by atoms with Crippen LogP contribution < -0.4 is 0 Å². The average molecular weight is 187 g/mol. The molecule has 0 aromatic heterocycles. The summed E-state index contributed by atoms with van der Waals surface area (Å²) < 4.78 is 0. The number of rotatable bonds is 2. The molecule has 2 nitrogen and oxygen atoms in total. The highest BCUT2D eigenvalue weighted by atomic mass is 16.2. The Morgan fingerprint density at radius 2 is 1.77 bits per heavy atom. The maximum absolute atomic E-state index is 10.5. The summed E-state index contributed by atoms with van der Waals surface area (Å²) in [7, 11) is 1.81. The monoisotopic (exact) mass is 187 g/mol. The Kier molecular flexibility index (Phi) is 24.1. The van der Waals surface area contributed by atoms with E-state index in [1.165, 1.54) is 0 Å². The molecule has 0 saturated carbocycles. The van der Waals surface area contributed by atoms with Gasteiger partial charge in [-0.2, -0.15) is 0 Å². The van der Waals surface area contributed by atoms with Crippen molar-refractivity contribution in [3.05, 3.63) is 12.7 Å². The summed E-state index contributed by atoms with van der Waals surface area (Å²) in [5.74, 6) is 0.145. The van der Waals surface area contributed by atoms with Crippen molar-refractivity contribution in [1.82, 2.24) is 4.90 Å². The molecule has 0 aliphatic carbocycles. The van der Waals surface area contributed by atoms with Crippen LogP contribution >= 0.6 is 0 Å². The summed E-state index contributed by atoms with van der Waals surface area (Å²) >= 11 is 0. The standard InChI is InChI=1S/C6H13NO.C3H6.C2H6/c1-4-5-7(3)6(2)8;1-3-2;1-2/h4-5H2,1-3H3;3H,1H2,2H3;1-2H3. The lowest BCUT2D eigenvalue weighted by Crippen LogP contribution is -2.24. The van der Waals surface area contributed by atoms with Gasteiger partial charge in [0, 0.05) is 20.5 Å². The molecule has 0 unspecified atom stereocenters. The second-order valence-corrected chi connectivity index (χ2v) is 2.35. The molecule has 0 bridgehead atoms. The zero-order valence-corrected chi connectivity index (χ0v) is 10.1. The predicted molar refractivity (Wildman–Crippen MR) is 60.8 cm³/mol. The number of hydrogen-bond donors (Lipinski definition) is 0. The third kappa shape index (κ3) is 24.7. The molecule has 0 atom stereocenters. The van der Waals surface area contributed by atoms with Crippen molar-refractivity contribution in [3.8, 4) is 0 Å². The van der Waals surface area contributed by atoms with Gasteiger partial charge in [0.1, 0.15) is 0 Å². The molecule has 2 heteroatoms. The Morgan fingerprint density at radius 3 is 1.85 bits per heavy atom. The van der Waals surface area contributed by atoms with Crippen LogP contribution in [-0.2, 0) is 4.79 Å². The van der Waals surface area contributed by atoms with E-state index < -0.39 is 0 Å². The number of amides is 1. The van der Waals surface area contributed by atoms with Gasteiger partial charge >= 0.3 is 0 Å². The lowest BCUT2D eigenvalue weighted by atomic mass is 10.4. The molecule has 0 N–H and O–H groups in total. The molecule has 80 valence electrons. The second-order valence-electron chi connectivity index (χ2n) is 2.35. The van der Waals surface area contributed by atoms with Gasteiger partial charge in [0.05, 0.1) is 0 Å². The molecule has 0 spiro atoms. The minimum atomic E-state index is 0.145. The first-order chi connectivity index (χ1) is 6.09. The van der Waals surface area contributed by atoms with Crippen LogP contribution in [0.2, 0.25) is 0 Å².